The Balaban J connectivity index is 1.13. The first-order chi connectivity index (χ1) is 16.2. The summed E-state index contributed by atoms with van der Waals surface area (Å²) >= 11 is 0. The number of nitrogens with one attached hydrogen (secondary N) is 3. The first-order valence-corrected chi connectivity index (χ1v) is 12.0. The summed E-state index contributed by atoms with van der Waals surface area (Å²) < 4.78 is 0. The van der Waals surface area contributed by atoms with Gasteiger partial charge in [-0.25, -0.2) is 0 Å². The predicted molar refractivity (Wildman–Crippen MR) is 130 cm³/mol. The van der Waals surface area contributed by atoms with E-state index in [-0.39, 0.29) is 0 Å². The standard InChI is InChI=1S/C28H27N5/c29-13-17-1-7-27-23(9-17)25(15-31-27)19-3-5-21(11-19)33-22-6-4-20(12-22)26-16-32-28-8-2-18(14-30)10-24(26)28/h1-2,7-10,15-16,19-22,31-33H,3-6,11-12H2/t19-,20-,21?,22?/m0/s1. The monoisotopic (exact) mass is 433 g/mol. The summed E-state index contributed by atoms with van der Waals surface area (Å²) in [4.78, 5) is 6.79. The normalized spacial score (nSPS) is 24.9. The molecule has 164 valence electrons. The lowest BCUT2D eigenvalue weighted by Gasteiger charge is -2.19. The van der Waals surface area contributed by atoms with E-state index in [9.17, 15) is 10.5 Å². The molecular weight excluding hydrogens is 406 g/mol. The van der Waals surface area contributed by atoms with Crippen LogP contribution in [0.4, 0.5) is 0 Å². The zero-order valence-corrected chi connectivity index (χ0v) is 18.6. The molecular formula is C28H27N5. The van der Waals surface area contributed by atoms with E-state index in [1.807, 2.05) is 36.4 Å². The van der Waals surface area contributed by atoms with E-state index in [4.69, 9.17) is 0 Å². The minimum atomic E-state index is 0.542. The summed E-state index contributed by atoms with van der Waals surface area (Å²) in [7, 11) is 0. The molecule has 0 radical (unpaired) electrons. The van der Waals surface area contributed by atoms with Crippen LogP contribution < -0.4 is 5.32 Å². The van der Waals surface area contributed by atoms with Gasteiger partial charge in [-0.15, -0.1) is 0 Å². The van der Waals surface area contributed by atoms with Crippen LogP contribution in [0.1, 0.15) is 72.6 Å². The maximum Gasteiger partial charge on any atom is 0.0991 e. The number of hydrogen-bond donors (Lipinski definition) is 3. The molecule has 2 aromatic carbocycles. The van der Waals surface area contributed by atoms with Crippen LogP contribution in [0.2, 0.25) is 0 Å². The van der Waals surface area contributed by atoms with E-state index in [0.717, 1.165) is 35.0 Å². The molecule has 2 heterocycles. The van der Waals surface area contributed by atoms with Crippen LogP contribution in [0.3, 0.4) is 0 Å². The Morgan fingerprint density at radius 2 is 1.18 bits per heavy atom. The summed E-state index contributed by atoms with van der Waals surface area (Å²) in [5, 5.41) is 24.9. The SMILES string of the molecule is N#Cc1ccc2[nH]cc([C@H]3CCC(NC4CC[C@H](c5c[nH]c6ccc(C#N)cc56)C4)C3)c2c1. The van der Waals surface area contributed by atoms with Gasteiger partial charge in [-0.1, -0.05) is 0 Å². The van der Waals surface area contributed by atoms with Crippen LogP contribution >= 0.6 is 0 Å². The average Bonchev–Trinajstić information content (AvgIpc) is 3.64. The van der Waals surface area contributed by atoms with Gasteiger partial charge >= 0.3 is 0 Å². The van der Waals surface area contributed by atoms with Gasteiger partial charge in [-0.05, 0) is 97.9 Å². The van der Waals surface area contributed by atoms with E-state index in [1.165, 1.54) is 47.6 Å². The highest BCUT2D eigenvalue weighted by Gasteiger charge is 2.33. The fourth-order valence-corrected chi connectivity index (χ4v) is 6.26. The number of H-pyrrole nitrogens is 2. The highest BCUT2D eigenvalue weighted by atomic mass is 15.0. The molecule has 2 saturated carbocycles. The lowest BCUT2D eigenvalue weighted by atomic mass is 9.95. The van der Waals surface area contributed by atoms with Crippen LogP contribution in [0.5, 0.6) is 0 Å². The summed E-state index contributed by atoms with van der Waals surface area (Å²) in [6.45, 7) is 0. The Kier molecular flexibility index (Phi) is 4.93. The second-order valence-corrected chi connectivity index (χ2v) is 9.81. The minimum absolute atomic E-state index is 0.542. The molecule has 2 aliphatic rings. The van der Waals surface area contributed by atoms with E-state index >= 15 is 0 Å². The highest BCUT2D eigenvalue weighted by Crippen LogP contribution is 2.41. The van der Waals surface area contributed by atoms with Crippen molar-refractivity contribution < 1.29 is 0 Å². The Hall–Kier alpha value is -3.54. The number of aromatic nitrogens is 2. The van der Waals surface area contributed by atoms with Gasteiger partial charge in [0.25, 0.3) is 0 Å². The van der Waals surface area contributed by atoms with Gasteiger partial charge in [-0.2, -0.15) is 10.5 Å². The molecule has 0 bridgehead atoms. The summed E-state index contributed by atoms with van der Waals surface area (Å²) in [5.74, 6) is 1.08. The van der Waals surface area contributed by atoms with E-state index in [1.54, 1.807) is 0 Å². The van der Waals surface area contributed by atoms with Crippen LogP contribution in [0.15, 0.2) is 48.8 Å². The Morgan fingerprint density at radius 3 is 1.64 bits per heavy atom. The van der Waals surface area contributed by atoms with Gasteiger partial charge < -0.3 is 15.3 Å². The highest BCUT2D eigenvalue weighted by molar-refractivity contribution is 5.86. The van der Waals surface area contributed by atoms with Gasteiger partial charge in [0.2, 0.25) is 0 Å². The van der Waals surface area contributed by atoms with Gasteiger partial charge in [0, 0.05) is 46.3 Å². The number of benzene rings is 2. The molecule has 0 amide bonds. The molecule has 2 aromatic heterocycles. The fourth-order valence-electron chi connectivity index (χ4n) is 6.26. The lowest BCUT2D eigenvalue weighted by molar-refractivity contribution is 0.429. The third-order valence-electron chi connectivity index (χ3n) is 7.90. The average molecular weight is 434 g/mol. The number of fused-ring (bicyclic) bond motifs is 2. The van der Waals surface area contributed by atoms with E-state index in [0.29, 0.717) is 23.9 Å². The van der Waals surface area contributed by atoms with Crippen molar-refractivity contribution in [1.29, 1.82) is 10.5 Å². The largest absolute Gasteiger partial charge is 0.361 e. The molecule has 6 rings (SSSR count). The molecule has 4 atom stereocenters. The van der Waals surface area contributed by atoms with Crippen LogP contribution in [-0.4, -0.2) is 22.1 Å². The number of hydrogen-bond acceptors (Lipinski definition) is 3. The fraction of sp³-hybridized carbons (Fsp3) is 0.357. The second-order valence-electron chi connectivity index (χ2n) is 9.81. The second kappa shape index (κ2) is 8.10. The smallest absolute Gasteiger partial charge is 0.0991 e. The Bertz CT molecular complexity index is 1300. The number of aromatic amines is 2. The van der Waals surface area contributed by atoms with Gasteiger partial charge in [0.05, 0.1) is 23.3 Å². The molecule has 0 saturated heterocycles. The summed E-state index contributed by atoms with van der Waals surface area (Å²) in [6.07, 6.45) is 11.4. The number of rotatable bonds is 4. The van der Waals surface area contributed by atoms with Crippen molar-refractivity contribution in [3.63, 3.8) is 0 Å². The van der Waals surface area contributed by atoms with E-state index < -0.39 is 0 Å². The van der Waals surface area contributed by atoms with Crippen LogP contribution in [-0.2, 0) is 0 Å². The van der Waals surface area contributed by atoms with Crippen molar-refractivity contribution in [2.45, 2.75) is 62.4 Å². The van der Waals surface area contributed by atoms with Crippen LogP contribution in [0, 0.1) is 22.7 Å². The van der Waals surface area contributed by atoms with Crippen molar-refractivity contribution >= 4 is 21.8 Å². The van der Waals surface area contributed by atoms with Crippen molar-refractivity contribution in [2.75, 3.05) is 0 Å². The van der Waals surface area contributed by atoms with Crippen molar-refractivity contribution in [3.05, 3.63) is 71.0 Å². The zero-order chi connectivity index (χ0) is 22.4. The van der Waals surface area contributed by atoms with Gasteiger partial charge in [0.15, 0.2) is 0 Å². The molecule has 0 aliphatic heterocycles. The molecule has 2 fully saturated rings. The minimum Gasteiger partial charge on any atom is -0.361 e. The van der Waals surface area contributed by atoms with E-state index in [2.05, 4.69) is 39.8 Å². The third-order valence-corrected chi connectivity index (χ3v) is 7.90. The topological polar surface area (TPSA) is 91.2 Å². The molecule has 2 aliphatic carbocycles. The molecule has 3 N–H and O–H groups in total. The lowest BCUT2D eigenvalue weighted by Crippen LogP contribution is -2.35. The van der Waals surface area contributed by atoms with Gasteiger partial charge in [-0.3, -0.25) is 0 Å². The molecule has 33 heavy (non-hydrogen) atoms. The molecule has 5 heteroatoms. The Morgan fingerprint density at radius 1 is 0.697 bits per heavy atom. The number of nitrogens with zero attached hydrogens (tertiary/aromatic N) is 2. The quantitative estimate of drug-likeness (QED) is 0.371. The van der Waals surface area contributed by atoms with Crippen LogP contribution in [0.25, 0.3) is 21.8 Å². The summed E-state index contributed by atoms with van der Waals surface area (Å²) in [5.41, 5.74) is 6.43. The third kappa shape index (κ3) is 3.59. The Labute approximate surface area is 193 Å². The van der Waals surface area contributed by atoms with Crippen molar-refractivity contribution in [2.24, 2.45) is 0 Å². The molecule has 2 unspecified atom stereocenters. The first-order valence-electron chi connectivity index (χ1n) is 12.0. The predicted octanol–water partition coefficient (Wildman–Crippen LogP) is 5.95. The van der Waals surface area contributed by atoms with Crippen molar-refractivity contribution in [3.8, 4) is 12.1 Å². The van der Waals surface area contributed by atoms with Gasteiger partial charge in [0.1, 0.15) is 0 Å². The molecule has 0 spiro atoms. The zero-order valence-electron chi connectivity index (χ0n) is 18.6. The summed E-state index contributed by atoms with van der Waals surface area (Å²) in [6, 6.07) is 17.5. The van der Waals surface area contributed by atoms with Crippen molar-refractivity contribution in [1.82, 2.24) is 15.3 Å². The molecule has 4 aromatic rings. The molecule has 5 nitrogen and oxygen atoms in total. The maximum atomic E-state index is 9.28. The first kappa shape index (κ1) is 20.1. The maximum absolute atomic E-state index is 9.28. The number of nitriles is 2.